The number of amides is 1. The van der Waals surface area contributed by atoms with E-state index in [4.69, 9.17) is 9.97 Å². The maximum absolute atomic E-state index is 12.8. The molecule has 2 heterocycles. The first-order valence-electron chi connectivity index (χ1n) is 11.4. The highest BCUT2D eigenvalue weighted by Crippen LogP contribution is 2.30. The van der Waals surface area contributed by atoms with Gasteiger partial charge < -0.3 is 10.2 Å². The third-order valence-corrected chi connectivity index (χ3v) is 6.36. The first-order chi connectivity index (χ1) is 16.0. The molecule has 170 valence electrons. The number of hydrogen-bond donors (Lipinski definition) is 1. The highest BCUT2D eigenvalue weighted by atomic mass is 32.1. The topological polar surface area (TPSA) is 58.1 Å². The fourth-order valence-corrected chi connectivity index (χ4v) is 4.57. The van der Waals surface area contributed by atoms with Crippen LogP contribution in [0.4, 0.5) is 5.82 Å². The molecule has 1 atom stereocenters. The molecule has 0 aliphatic carbocycles. The van der Waals surface area contributed by atoms with Crippen molar-refractivity contribution in [1.82, 2.24) is 15.3 Å². The summed E-state index contributed by atoms with van der Waals surface area (Å²) in [7, 11) is 0. The Morgan fingerprint density at radius 2 is 1.73 bits per heavy atom. The Balaban J connectivity index is 1.58. The third-order valence-electron chi connectivity index (χ3n) is 5.50. The molecule has 0 bridgehead atoms. The molecule has 0 aliphatic rings. The fraction of sp³-hybridized carbons (Fsp3) is 0.296. The Kier molecular flexibility index (Phi) is 7.35. The summed E-state index contributed by atoms with van der Waals surface area (Å²) >= 11 is 1.63. The van der Waals surface area contributed by atoms with Crippen molar-refractivity contribution in [3.8, 4) is 10.7 Å². The lowest BCUT2D eigenvalue weighted by molar-refractivity contribution is -0.121. The van der Waals surface area contributed by atoms with Gasteiger partial charge in [0.2, 0.25) is 5.91 Å². The molecule has 0 spiro atoms. The average Bonchev–Trinajstić information content (AvgIpc) is 3.36. The lowest BCUT2D eigenvalue weighted by Gasteiger charge is -2.27. The van der Waals surface area contributed by atoms with Crippen LogP contribution in [0.25, 0.3) is 21.6 Å². The second kappa shape index (κ2) is 10.6. The van der Waals surface area contributed by atoms with Crippen LogP contribution >= 0.6 is 11.3 Å². The van der Waals surface area contributed by atoms with Crippen LogP contribution in [-0.4, -0.2) is 29.0 Å². The van der Waals surface area contributed by atoms with Gasteiger partial charge in [0.25, 0.3) is 0 Å². The van der Waals surface area contributed by atoms with Crippen molar-refractivity contribution >= 4 is 34.0 Å². The van der Waals surface area contributed by atoms with Gasteiger partial charge in [0, 0.05) is 24.9 Å². The van der Waals surface area contributed by atoms with Crippen LogP contribution in [0.15, 0.2) is 72.1 Å². The van der Waals surface area contributed by atoms with E-state index in [0.717, 1.165) is 39.5 Å². The predicted molar refractivity (Wildman–Crippen MR) is 138 cm³/mol. The van der Waals surface area contributed by atoms with E-state index in [1.165, 1.54) is 0 Å². The zero-order chi connectivity index (χ0) is 23.2. The third kappa shape index (κ3) is 5.76. The van der Waals surface area contributed by atoms with Crippen molar-refractivity contribution in [2.45, 2.75) is 33.2 Å². The van der Waals surface area contributed by atoms with Gasteiger partial charge in [0.05, 0.1) is 16.4 Å². The lowest BCUT2D eigenvalue weighted by atomic mass is 10.1. The maximum Gasteiger partial charge on any atom is 0.222 e. The second-order valence-corrected chi connectivity index (χ2v) is 9.60. The summed E-state index contributed by atoms with van der Waals surface area (Å²) in [4.78, 5) is 25.9. The van der Waals surface area contributed by atoms with E-state index in [2.05, 4.69) is 30.1 Å². The van der Waals surface area contributed by atoms with Crippen molar-refractivity contribution in [2.24, 2.45) is 5.92 Å². The zero-order valence-electron chi connectivity index (χ0n) is 19.4. The smallest absolute Gasteiger partial charge is 0.222 e. The number of nitrogens with one attached hydrogen (secondary N) is 1. The van der Waals surface area contributed by atoms with Crippen molar-refractivity contribution in [3.05, 3.63) is 77.7 Å². The quantitative estimate of drug-likeness (QED) is 0.330. The summed E-state index contributed by atoms with van der Waals surface area (Å²) in [5.74, 6) is 2.09. The number of para-hydroxylation sites is 1. The summed E-state index contributed by atoms with van der Waals surface area (Å²) in [6.45, 7) is 7.80. The number of benzene rings is 2. The number of anilines is 1. The van der Waals surface area contributed by atoms with Gasteiger partial charge >= 0.3 is 0 Å². The molecular weight excluding hydrogens is 428 g/mol. The van der Waals surface area contributed by atoms with Crippen LogP contribution in [0.1, 0.15) is 38.8 Å². The molecule has 33 heavy (non-hydrogen) atoms. The lowest BCUT2D eigenvalue weighted by Crippen LogP contribution is -2.34. The molecule has 1 N–H and O–H groups in total. The minimum absolute atomic E-state index is 0.0254. The number of thiophene rings is 1. The van der Waals surface area contributed by atoms with Crippen LogP contribution in [0.2, 0.25) is 0 Å². The molecule has 0 aliphatic heterocycles. The van der Waals surface area contributed by atoms with Crippen molar-refractivity contribution in [2.75, 3.05) is 18.0 Å². The SMILES string of the molecule is CC(C)CN(CCC(=O)NC(C)c1ccccc1)c1nc(-c2cccs2)nc2ccccc12. The molecule has 1 unspecified atom stereocenters. The van der Waals surface area contributed by atoms with Gasteiger partial charge in [0.1, 0.15) is 5.82 Å². The van der Waals surface area contributed by atoms with E-state index < -0.39 is 0 Å². The molecular formula is C27H30N4OS. The summed E-state index contributed by atoms with van der Waals surface area (Å²) in [6.07, 6.45) is 0.399. The molecule has 5 nitrogen and oxygen atoms in total. The summed E-state index contributed by atoms with van der Waals surface area (Å²) in [6, 6.07) is 22.2. The predicted octanol–water partition coefficient (Wildman–Crippen LogP) is 6.09. The Bertz CT molecular complexity index is 1190. The van der Waals surface area contributed by atoms with E-state index in [-0.39, 0.29) is 11.9 Å². The van der Waals surface area contributed by atoms with E-state index >= 15 is 0 Å². The van der Waals surface area contributed by atoms with Gasteiger partial charge in [-0.15, -0.1) is 11.3 Å². The maximum atomic E-state index is 12.8. The Labute approximate surface area is 199 Å². The first kappa shape index (κ1) is 22.9. The van der Waals surface area contributed by atoms with Crippen LogP contribution in [0, 0.1) is 5.92 Å². The number of fused-ring (bicyclic) bond motifs is 1. The van der Waals surface area contributed by atoms with Crippen molar-refractivity contribution < 1.29 is 4.79 Å². The molecule has 0 fully saturated rings. The molecule has 6 heteroatoms. The van der Waals surface area contributed by atoms with E-state index in [1.807, 2.05) is 73.0 Å². The Morgan fingerprint density at radius 3 is 2.45 bits per heavy atom. The number of rotatable bonds is 9. The highest BCUT2D eigenvalue weighted by molar-refractivity contribution is 7.13. The molecule has 2 aromatic heterocycles. The van der Waals surface area contributed by atoms with Crippen LogP contribution in [0.3, 0.4) is 0 Å². The zero-order valence-corrected chi connectivity index (χ0v) is 20.2. The van der Waals surface area contributed by atoms with Gasteiger partial charge in [-0.05, 0) is 42.0 Å². The second-order valence-electron chi connectivity index (χ2n) is 8.66. The van der Waals surface area contributed by atoms with Gasteiger partial charge in [-0.25, -0.2) is 9.97 Å². The van der Waals surface area contributed by atoms with Crippen molar-refractivity contribution in [1.29, 1.82) is 0 Å². The monoisotopic (exact) mass is 458 g/mol. The Morgan fingerprint density at radius 1 is 0.970 bits per heavy atom. The largest absolute Gasteiger partial charge is 0.355 e. The van der Waals surface area contributed by atoms with Crippen LogP contribution < -0.4 is 10.2 Å². The molecule has 4 rings (SSSR count). The molecule has 0 saturated heterocycles. The summed E-state index contributed by atoms with van der Waals surface area (Å²) < 4.78 is 0. The number of aromatic nitrogens is 2. The molecule has 0 radical (unpaired) electrons. The van der Waals surface area contributed by atoms with E-state index in [9.17, 15) is 4.79 Å². The molecule has 2 aromatic carbocycles. The van der Waals surface area contributed by atoms with E-state index in [0.29, 0.717) is 18.9 Å². The van der Waals surface area contributed by atoms with Crippen LogP contribution in [-0.2, 0) is 4.79 Å². The molecule has 0 saturated carbocycles. The minimum atomic E-state index is -0.0254. The van der Waals surface area contributed by atoms with Crippen molar-refractivity contribution in [3.63, 3.8) is 0 Å². The minimum Gasteiger partial charge on any atom is -0.355 e. The normalized spacial score (nSPS) is 12.1. The highest BCUT2D eigenvalue weighted by Gasteiger charge is 2.19. The first-order valence-corrected chi connectivity index (χ1v) is 12.3. The van der Waals surface area contributed by atoms with E-state index in [1.54, 1.807) is 11.3 Å². The standard InChI is InChI=1S/C27H30N4OS/c1-19(2)18-31(16-15-25(32)28-20(3)21-10-5-4-6-11-21)27-22-12-7-8-13-23(22)29-26(30-27)24-14-9-17-33-24/h4-14,17,19-20H,15-16,18H2,1-3H3,(H,28,32). The number of hydrogen-bond acceptors (Lipinski definition) is 5. The summed E-state index contributed by atoms with van der Waals surface area (Å²) in [5.41, 5.74) is 2.02. The molecule has 4 aromatic rings. The van der Waals surface area contributed by atoms with Gasteiger partial charge in [-0.1, -0.05) is 62.4 Å². The summed E-state index contributed by atoms with van der Waals surface area (Å²) in [5, 5.41) is 6.18. The fourth-order valence-electron chi connectivity index (χ4n) is 3.92. The van der Waals surface area contributed by atoms with Gasteiger partial charge in [-0.2, -0.15) is 0 Å². The van der Waals surface area contributed by atoms with Gasteiger partial charge in [-0.3, -0.25) is 4.79 Å². The van der Waals surface area contributed by atoms with Gasteiger partial charge in [0.15, 0.2) is 5.82 Å². The number of nitrogens with zero attached hydrogens (tertiary/aromatic N) is 3. The van der Waals surface area contributed by atoms with Crippen LogP contribution in [0.5, 0.6) is 0 Å². The Hall–Kier alpha value is -3.25. The number of carbonyl (C=O) groups is 1. The number of carbonyl (C=O) groups excluding carboxylic acids is 1. The molecule has 1 amide bonds. The average molecular weight is 459 g/mol.